The minimum absolute atomic E-state index is 0.252. The van der Waals surface area contributed by atoms with Gasteiger partial charge in [0.25, 0.3) is 0 Å². The molecule has 0 heterocycles. The summed E-state index contributed by atoms with van der Waals surface area (Å²) in [4.78, 5) is 24.8. The van der Waals surface area contributed by atoms with Crippen LogP contribution in [0.1, 0.15) is 70.6 Å². The minimum atomic E-state index is -1.01. The van der Waals surface area contributed by atoms with E-state index >= 15 is 0 Å². The Morgan fingerprint density at radius 3 is 1.62 bits per heavy atom. The highest BCUT2D eigenvalue weighted by Gasteiger charge is 2.38. The van der Waals surface area contributed by atoms with Crippen LogP contribution in [-0.2, 0) is 9.59 Å². The smallest absolute Gasteiger partial charge is 0.321 e. The molecule has 0 spiro atoms. The summed E-state index contributed by atoms with van der Waals surface area (Å²) < 4.78 is 0. The van der Waals surface area contributed by atoms with Crippen molar-refractivity contribution in [3.05, 3.63) is 0 Å². The highest BCUT2D eigenvalue weighted by molar-refractivity contribution is 5.80. The molecule has 0 aliphatic heterocycles. The fourth-order valence-electron chi connectivity index (χ4n) is 4.05. The molecule has 2 saturated carbocycles. The van der Waals surface area contributed by atoms with Gasteiger partial charge in [0.05, 0.1) is 6.42 Å². The highest BCUT2D eigenvalue weighted by atomic mass is 16.4. The van der Waals surface area contributed by atoms with Crippen LogP contribution in [0.5, 0.6) is 0 Å². The lowest BCUT2D eigenvalue weighted by Crippen LogP contribution is -2.54. The van der Waals surface area contributed by atoms with Crippen molar-refractivity contribution in [3.8, 4) is 0 Å². The van der Waals surface area contributed by atoms with Gasteiger partial charge in [0.15, 0.2) is 0 Å². The molecule has 5 nitrogen and oxygen atoms in total. The van der Waals surface area contributed by atoms with Crippen molar-refractivity contribution in [2.75, 3.05) is 0 Å². The summed E-state index contributed by atoms with van der Waals surface area (Å²) in [7, 11) is 0. The van der Waals surface area contributed by atoms with Gasteiger partial charge in [0.1, 0.15) is 6.04 Å². The Morgan fingerprint density at radius 2 is 1.29 bits per heavy atom. The molecular formula is C16H27NO4. The fraction of sp³-hybridized carbons (Fsp3) is 0.875. The van der Waals surface area contributed by atoms with Crippen molar-refractivity contribution in [2.45, 2.75) is 88.8 Å². The van der Waals surface area contributed by atoms with Gasteiger partial charge in [-0.15, -0.1) is 0 Å². The monoisotopic (exact) mass is 297 g/mol. The molecule has 2 aliphatic carbocycles. The molecule has 0 amide bonds. The third-order valence-electron chi connectivity index (χ3n) is 5.01. The summed E-state index contributed by atoms with van der Waals surface area (Å²) in [5.41, 5.74) is 0. The second-order valence-corrected chi connectivity index (χ2v) is 6.48. The van der Waals surface area contributed by atoms with Gasteiger partial charge in [-0.05, 0) is 25.7 Å². The van der Waals surface area contributed by atoms with Crippen molar-refractivity contribution < 1.29 is 19.8 Å². The summed E-state index contributed by atoms with van der Waals surface area (Å²) in [6.45, 7) is 0. The number of carboxylic acid groups (broad SMARTS) is 2. The molecule has 0 aromatic heterocycles. The third kappa shape index (κ3) is 4.43. The molecule has 2 rings (SSSR count). The van der Waals surface area contributed by atoms with Gasteiger partial charge in [-0.2, -0.15) is 0 Å². The van der Waals surface area contributed by atoms with Crippen LogP contribution in [-0.4, -0.2) is 45.2 Å². The number of carboxylic acids is 2. The largest absolute Gasteiger partial charge is 0.481 e. The second kappa shape index (κ2) is 7.78. The summed E-state index contributed by atoms with van der Waals surface area (Å²) in [5, 5.41) is 18.6. The topological polar surface area (TPSA) is 77.8 Å². The van der Waals surface area contributed by atoms with E-state index in [9.17, 15) is 14.7 Å². The number of nitrogens with zero attached hydrogens (tertiary/aromatic N) is 1. The Kier molecular flexibility index (Phi) is 6.03. The number of carbonyl (C=O) groups is 2. The molecule has 0 saturated heterocycles. The van der Waals surface area contributed by atoms with Crippen LogP contribution in [0.3, 0.4) is 0 Å². The maximum absolute atomic E-state index is 11.7. The molecule has 1 atom stereocenters. The Hall–Kier alpha value is -1.10. The van der Waals surface area contributed by atoms with Crippen LogP contribution in [0.2, 0.25) is 0 Å². The molecule has 21 heavy (non-hydrogen) atoms. The average molecular weight is 297 g/mol. The third-order valence-corrected chi connectivity index (χ3v) is 5.01. The predicted octanol–water partition coefficient (Wildman–Crippen LogP) is 2.88. The fourth-order valence-corrected chi connectivity index (χ4v) is 4.05. The highest BCUT2D eigenvalue weighted by Crippen LogP contribution is 2.32. The second-order valence-electron chi connectivity index (χ2n) is 6.48. The van der Waals surface area contributed by atoms with E-state index in [0.29, 0.717) is 0 Å². The first-order chi connectivity index (χ1) is 10.1. The normalized spacial score (nSPS) is 23.1. The van der Waals surface area contributed by atoms with Gasteiger partial charge in [-0.3, -0.25) is 14.5 Å². The van der Waals surface area contributed by atoms with Crippen LogP contribution in [0, 0.1) is 0 Å². The van der Waals surface area contributed by atoms with Crippen LogP contribution >= 0.6 is 0 Å². The zero-order valence-corrected chi connectivity index (χ0v) is 12.7. The van der Waals surface area contributed by atoms with Crippen LogP contribution < -0.4 is 0 Å². The van der Waals surface area contributed by atoms with Crippen molar-refractivity contribution in [2.24, 2.45) is 0 Å². The Labute approximate surface area is 126 Å². The Morgan fingerprint density at radius 1 is 0.857 bits per heavy atom. The van der Waals surface area contributed by atoms with Crippen molar-refractivity contribution in [1.29, 1.82) is 0 Å². The van der Waals surface area contributed by atoms with E-state index in [0.717, 1.165) is 51.4 Å². The number of hydrogen-bond donors (Lipinski definition) is 2. The molecule has 2 fully saturated rings. The summed E-state index contributed by atoms with van der Waals surface area (Å²) in [5.74, 6) is -1.99. The molecule has 0 aromatic rings. The van der Waals surface area contributed by atoms with Gasteiger partial charge in [-0.25, -0.2) is 0 Å². The van der Waals surface area contributed by atoms with E-state index in [1.165, 1.54) is 12.8 Å². The van der Waals surface area contributed by atoms with Crippen LogP contribution in [0.4, 0.5) is 0 Å². The zero-order chi connectivity index (χ0) is 15.2. The molecule has 0 radical (unpaired) electrons. The van der Waals surface area contributed by atoms with Gasteiger partial charge in [-0.1, -0.05) is 38.5 Å². The predicted molar refractivity (Wildman–Crippen MR) is 79.3 cm³/mol. The van der Waals surface area contributed by atoms with E-state index < -0.39 is 18.0 Å². The Balaban J connectivity index is 2.18. The maximum Gasteiger partial charge on any atom is 0.321 e. The number of rotatable bonds is 6. The van der Waals surface area contributed by atoms with Gasteiger partial charge >= 0.3 is 11.9 Å². The molecule has 0 aromatic carbocycles. The summed E-state index contributed by atoms with van der Waals surface area (Å²) in [6, 6.07) is -0.363. The molecule has 2 aliphatic rings. The lowest BCUT2D eigenvalue weighted by atomic mass is 9.87. The summed E-state index contributed by atoms with van der Waals surface area (Å²) in [6.07, 6.45) is 10.7. The summed E-state index contributed by atoms with van der Waals surface area (Å²) >= 11 is 0. The molecule has 0 unspecified atom stereocenters. The first kappa shape index (κ1) is 16.3. The molecular weight excluding hydrogens is 270 g/mol. The quantitative estimate of drug-likeness (QED) is 0.788. The lowest BCUT2D eigenvalue weighted by molar-refractivity contribution is -0.153. The average Bonchev–Trinajstić information content (AvgIpc) is 2.48. The Bertz CT molecular complexity index is 341. The molecule has 120 valence electrons. The SMILES string of the molecule is O=C(O)C[C@@H](C(=O)O)N(C1CCCCC1)C1CCCCC1. The minimum Gasteiger partial charge on any atom is -0.481 e. The van der Waals surface area contributed by atoms with Gasteiger partial charge < -0.3 is 10.2 Å². The first-order valence-electron chi connectivity index (χ1n) is 8.31. The van der Waals surface area contributed by atoms with E-state index in [4.69, 9.17) is 5.11 Å². The zero-order valence-electron chi connectivity index (χ0n) is 12.7. The van der Waals surface area contributed by atoms with E-state index in [2.05, 4.69) is 4.90 Å². The van der Waals surface area contributed by atoms with Crippen LogP contribution in [0.15, 0.2) is 0 Å². The molecule has 0 bridgehead atoms. The van der Waals surface area contributed by atoms with Crippen molar-refractivity contribution in [3.63, 3.8) is 0 Å². The molecule has 5 heteroatoms. The molecule has 2 N–H and O–H groups in total. The van der Waals surface area contributed by atoms with E-state index in [-0.39, 0.29) is 18.5 Å². The lowest BCUT2D eigenvalue weighted by Gasteiger charge is -2.44. The number of aliphatic carboxylic acids is 2. The maximum atomic E-state index is 11.7. The van der Waals surface area contributed by atoms with Gasteiger partial charge in [0.2, 0.25) is 0 Å². The van der Waals surface area contributed by atoms with Crippen LogP contribution in [0.25, 0.3) is 0 Å². The van der Waals surface area contributed by atoms with Crippen molar-refractivity contribution in [1.82, 2.24) is 4.90 Å². The standard InChI is InChI=1S/C16H27NO4/c18-15(19)11-14(16(20)21)17(12-7-3-1-4-8-12)13-9-5-2-6-10-13/h12-14H,1-11H2,(H,18,19)(H,20,21)/t14-/m0/s1. The van der Waals surface area contributed by atoms with Crippen molar-refractivity contribution >= 4 is 11.9 Å². The van der Waals surface area contributed by atoms with Gasteiger partial charge in [0, 0.05) is 12.1 Å². The first-order valence-corrected chi connectivity index (χ1v) is 8.31. The van der Waals surface area contributed by atoms with E-state index in [1.54, 1.807) is 0 Å². The van der Waals surface area contributed by atoms with E-state index in [1.807, 2.05) is 0 Å². The number of hydrogen-bond acceptors (Lipinski definition) is 3.